The van der Waals surface area contributed by atoms with Crippen molar-refractivity contribution in [3.05, 3.63) is 0 Å². The lowest BCUT2D eigenvalue weighted by Gasteiger charge is -2.47. The summed E-state index contributed by atoms with van der Waals surface area (Å²) in [7, 11) is -2.41. The molecule has 0 aromatic carbocycles. The minimum absolute atomic E-state index is 0.195. The summed E-state index contributed by atoms with van der Waals surface area (Å²) in [5.74, 6) is -1.84. The van der Waals surface area contributed by atoms with Crippen molar-refractivity contribution in [3.63, 3.8) is 0 Å². The molecule has 1 aliphatic heterocycles. The molecule has 0 amide bonds. The van der Waals surface area contributed by atoms with Crippen LogP contribution >= 0.6 is 0 Å². The summed E-state index contributed by atoms with van der Waals surface area (Å²) in [6, 6.07) is 0. The SMILES string of the molecule is CC(=O)OC[C@H]1O[C@H](O)[C@H](O[Si](C)(C)C(C)(C)C)[C@@H](OC(C)=O)[C@@H]1OC(C)=O. The van der Waals surface area contributed by atoms with E-state index in [1.165, 1.54) is 20.8 Å². The van der Waals surface area contributed by atoms with Crippen LogP contribution in [0.3, 0.4) is 0 Å². The highest BCUT2D eigenvalue weighted by atomic mass is 28.4. The summed E-state index contributed by atoms with van der Waals surface area (Å²) in [5.41, 5.74) is 0. The second-order valence-electron chi connectivity index (χ2n) is 8.36. The summed E-state index contributed by atoms with van der Waals surface area (Å²) in [5, 5.41) is 10.4. The molecule has 1 saturated heterocycles. The Morgan fingerprint density at radius 2 is 1.43 bits per heavy atom. The van der Waals surface area contributed by atoms with E-state index in [-0.39, 0.29) is 11.6 Å². The maximum Gasteiger partial charge on any atom is 0.303 e. The third-order valence-corrected chi connectivity index (χ3v) is 9.37. The predicted octanol–water partition coefficient (Wildman–Crippen LogP) is 1.52. The first-order valence-electron chi connectivity index (χ1n) is 9.15. The number of aliphatic hydroxyl groups excluding tert-OH is 1. The smallest absolute Gasteiger partial charge is 0.303 e. The lowest BCUT2D eigenvalue weighted by atomic mass is 9.98. The highest BCUT2D eigenvalue weighted by molar-refractivity contribution is 6.74. The Hall–Kier alpha value is -1.49. The topological polar surface area (TPSA) is 118 Å². The lowest BCUT2D eigenvalue weighted by Crippen LogP contribution is -2.64. The molecule has 1 fully saturated rings. The first kappa shape index (κ1) is 24.5. The number of carbonyl (C=O) groups excluding carboxylic acids is 3. The van der Waals surface area contributed by atoms with Crippen molar-refractivity contribution in [3.8, 4) is 0 Å². The van der Waals surface area contributed by atoms with Gasteiger partial charge in [0.15, 0.2) is 26.8 Å². The second kappa shape index (κ2) is 9.34. The second-order valence-corrected chi connectivity index (χ2v) is 13.1. The largest absolute Gasteiger partial charge is 0.463 e. The van der Waals surface area contributed by atoms with Gasteiger partial charge in [0.05, 0.1) is 0 Å². The molecule has 0 aromatic rings. The molecule has 0 aliphatic carbocycles. The van der Waals surface area contributed by atoms with Crippen LogP contribution in [0.5, 0.6) is 0 Å². The number of carbonyl (C=O) groups is 3. The van der Waals surface area contributed by atoms with E-state index in [1.807, 2.05) is 33.9 Å². The van der Waals surface area contributed by atoms with Crippen molar-refractivity contribution in [1.82, 2.24) is 0 Å². The number of hydrogen-bond donors (Lipinski definition) is 1. The minimum Gasteiger partial charge on any atom is -0.463 e. The summed E-state index contributed by atoms with van der Waals surface area (Å²) in [6.07, 6.45) is -5.79. The zero-order valence-electron chi connectivity index (χ0n) is 17.8. The van der Waals surface area contributed by atoms with Gasteiger partial charge in [-0.15, -0.1) is 0 Å². The Balaban J connectivity index is 3.25. The molecule has 1 rings (SSSR count). The number of aliphatic hydroxyl groups is 1. The van der Waals surface area contributed by atoms with Gasteiger partial charge >= 0.3 is 17.9 Å². The molecule has 1 heterocycles. The van der Waals surface area contributed by atoms with Crippen molar-refractivity contribution in [2.24, 2.45) is 0 Å². The van der Waals surface area contributed by atoms with E-state index in [0.717, 1.165) is 0 Å². The van der Waals surface area contributed by atoms with Gasteiger partial charge in [0.25, 0.3) is 0 Å². The first-order chi connectivity index (χ1) is 12.7. The average Bonchev–Trinajstić information content (AvgIpc) is 2.49. The molecule has 1 N–H and O–H groups in total. The van der Waals surface area contributed by atoms with Crippen molar-refractivity contribution < 1.29 is 42.9 Å². The van der Waals surface area contributed by atoms with E-state index in [9.17, 15) is 19.5 Å². The summed E-state index contributed by atoms with van der Waals surface area (Å²) >= 11 is 0. The molecule has 10 heteroatoms. The first-order valence-corrected chi connectivity index (χ1v) is 12.1. The standard InChI is InChI=1S/C18H32O9Si/c1-10(19)23-9-13-14(24-11(2)20)15(25-12(3)21)16(17(22)26-13)27-28(7,8)18(4,5)6/h13-17,22H,9H2,1-8H3/t13-,14-,15+,16-,17+/m1/s1. The average molecular weight is 421 g/mol. The summed E-state index contributed by atoms with van der Waals surface area (Å²) < 4.78 is 27.4. The minimum atomic E-state index is -2.41. The monoisotopic (exact) mass is 420 g/mol. The predicted molar refractivity (Wildman–Crippen MR) is 101 cm³/mol. The highest BCUT2D eigenvalue weighted by Crippen LogP contribution is 2.40. The molecule has 0 aromatic heterocycles. The van der Waals surface area contributed by atoms with Gasteiger partial charge in [-0.25, -0.2) is 0 Å². The van der Waals surface area contributed by atoms with E-state index in [0.29, 0.717) is 0 Å². The van der Waals surface area contributed by atoms with Gasteiger partial charge in [-0.2, -0.15) is 0 Å². The fourth-order valence-corrected chi connectivity index (χ4v) is 3.82. The fraction of sp³-hybridized carbons (Fsp3) is 0.833. The lowest BCUT2D eigenvalue weighted by molar-refractivity contribution is -0.289. The van der Waals surface area contributed by atoms with Crippen LogP contribution in [0.4, 0.5) is 0 Å². The van der Waals surface area contributed by atoms with Crippen molar-refractivity contribution in [2.75, 3.05) is 6.61 Å². The molecule has 0 radical (unpaired) electrons. The van der Waals surface area contributed by atoms with Crippen LogP contribution in [0.2, 0.25) is 18.1 Å². The van der Waals surface area contributed by atoms with Crippen LogP contribution in [0.1, 0.15) is 41.5 Å². The summed E-state index contributed by atoms with van der Waals surface area (Å²) in [6.45, 7) is 13.3. The van der Waals surface area contributed by atoms with Crippen molar-refractivity contribution in [1.29, 1.82) is 0 Å². The molecular formula is C18H32O9Si. The van der Waals surface area contributed by atoms with Crippen LogP contribution < -0.4 is 0 Å². The number of hydrogen-bond acceptors (Lipinski definition) is 9. The molecular weight excluding hydrogens is 388 g/mol. The van der Waals surface area contributed by atoms with E-state index in [1.54, 1.807) is 0 Å². The van der Waals surface area contributed by atoms with Gasteiger partial charge in [-0.3, -0.25) is 14.4 Å². The van der Waals surface area contributed by atoms with Crippen molar-refractivity contribution in [2.45, 2.75) is 90.4 Å². The van der Waals surface area contributed by atoms with Gasteiger partial charge in [-0.05, 0) is 18.1 Å². The Kier molecular flexibility index (Phi) is 8.18. The summed E-state index contributed by atoms with van der Waals surface area (Å²) in [4.78, 5) is 34.5. The van der Waals surface area contributed by atoms with Crippen LogP contribution in [-0.2, 0) is 37.8 Å². The number of rotatable bonds is 6. The molecule has 162 valence electrons. The van der Waals surface area contributed by atoms with Gasteiger partial charge in [-0.1, -0.05) is 20.8 Å². The Labute approximate surface area is 166 Å². The van der Waals surface area contributed by atoms with E-state index in [2.05, 4.69) is 0 Å². The van der Waals surface area contributed by atoms with Gasteiger partial charge in [0, 0.05) is 20.8 Å². The Morgan fingerprint density at radius 1 is 0.929 bits per heavy atom. The van der Waals surface area contributed by atoms with E-state index >= 15 is 0 Å². The molecule has 0 bridgehead atoms. The quantitative estimate of drug-likeness (QED) is 0.387. The molecule has 0 saturated carbocycles. The highest BCUT2D eigenvalue weighted by Gasteiger charge is 2.53. The van der Waals surface area contributed by atoms with Gasteiger partial charge < -0.3 is 28.5 Å². The molecule has 0 unspecified atom stereocenters. The molecule has 5 atom stereocenters. The van der Waals surface area contributed by atoms with E-state index in [4.69, 9.17) is 23.4 Å². The Morgan fingerprint density at radius 3 is 1.86 bits per heavy atom. The van der Waals surface area contributed by atoms with Gasteiger partial charge in [0.1, 0.15) is 18.8 Å². The van der Waals surface area contributed by atoms with Gasteiger partial charge in [0.2, 0.25) is 0 Å². The zero-order valence-corrected chi connectivity index (χ0v) is 18.8. The number of ether oxygens (including phenoxy) is 4. The molecule has 1 aliphatic rings. The number of esters is 3. The fourth-order valence-electron chi connectivity index (χ4n) is 2.53. The normalized spacial score (nSPS) is 28.4. The maximum atomic E-state index is 11.7. The Bertz CT molecular complexity index is 584. The van der Waals surface area contributed by atoms with E-state index < -0.39 is 56.9 Å². The zero-order chi connectivity index (χ0) is 21.9. The van der Waals surface area contributed by atoms with Crippen LogP contribution in [0.25, 0.3) is 0 Å². The third kappa shape index (κ3) is 6.54. The maximum absolute atomic E-state index is 11.7. The van der Waals surface area contributed by atoms with Crippen LogP contribution in [0.15, 0.2) is 0 Å². The van der Waals surface area contributed by atoms with Crippen LogP contribution in [-0.4, -0.2) is 68.6 Å². The van der Waals surface area contributed by atoms with Crippen molar-refractivity contribution >= 4 is 26.2 Å². The molecule has 28 heavy (non-hydrogen) atoms. The molecule has 9 nitrogen and oxygen atoms in total. The molecule has 0 spiro atoms. The van der Waals surface area contributed by atoms with Crippen LogP contribution in [0, 0.1) is 0 Å². The third-order valence-electron chi connectivity index (χ3n) is 4.90.